The lowest BCUT2D eigenvalue weighted by molar-refractivity contribution is 0.324. The number of aromatic nitrogens is 2. The van der Waals surface area contributed by atoms with E-state index in [4.69, 9.17) is 0 Å². The minimum Gasteiger partial charge on any atom is -0.348 e. The van der Waals surface area contributed by atoms with Crippen molar-refractivity contribution in [2.24, 2.45) is 0 Å². The van der Waals surface area contributed by atoms with Gasteiger partial charge in [0.25, 0.3) is 0 Å². The number of alkyl halides is 1. The minimum absolute atomic E-state index is 0.297. The number of nitriles is 1. The third kappa shape index (κ3) is 2.10. The molecule has 3 rings (SSSR count). The maximum absolute atomic E-state index is 13.0. The van der Waals surface area contributed by atoms with Gasteiger partial charge in [0.15, 0.2) is 5.69 Å². The summed E-state index contributed by atoms with van der Waals surface area (Å²) in [5.41, 5.74) is 3.45. The first-order chi connectivity index (χ1) is 9.72. The van der Waals surface area contributed by atoms with Gasteiger partial charge in [-0.05, 0) is 23.8 Å². The van der Waals surface area contributed by atoms with E-state index in [1.165, 1.54) is 12.1 Å². The van der Waals surface area contributed by atoms with Crippen LogP contribution in [0, 0.1) is 17.1 Å². The van der Waals surface area contributed by atoms with E-state index < -0.39 is 0 Å². The molecule has 0 radical (unpaired) electrons. The molecule has 0 atom stereocenters. The van der Waals surface area contributed by atoms with Crippen LogP contribution in [0.1, 0.15) is 11.4 Å². The van der Waals surface area contributed by atoms with E-state index in [2.05, 4.69) is 27.1 Å². The van der Waals surface area contributed by atoms with Gasteiger partial charge in [0.05, 0.1) is 11.1 Å². The van der Waals surface area contributed by atoms with Crippen LogP contribution in [0.25, 0.3) is 17.2 Å². The van der Waals surface area contributed by atoms with Crippen LogP contribution in [-0.2, 0) is 6.67 Å². The number of hydrogen-bond acceptors (Lipinski definition) is 3. The molecule has 0 saturated heterocycles. The van der Waals surface area contributed by atoms with Crippen LogP contribution in [0.15, 0.2) is 30.5 Å². The fourth-order valence-electron chi connectivity index (χ4n) is 2.20. The summed E-state index contributed by atoms with van der Waals surface area (Å²) in [6, 6.07) is 8.21. The van der Waals surface area contributed by atoms with Crippen molar-refractivity contribution in [1.82, 2.24) is 14.7 Å². The lowest BCUT2D eigenvalue weighted by atomic mass is 10.0. The van der Waals surface area contributed by atoms with Crippen LogP contribution in [0.4, 0.5) is 4.39 Å². The zero-order chi connectivity index (χ0) is 14.1. The van der Waals surface area contributed by atoms with Crippen molar-refractivity contribution < 1.29 is 4.39 Å². The molecular weight excluding hydrogens is 323 g/mol. The van der Waals surface area contributed by atoms with Crippen molar-refractivity contribution in [2.45, 2.75) is 6.67 Å². The second-order valence-electron chi connectivity index (χ2n) is 4.39. The van der Waals surface area contributed by atoms with Gasteiger partial charge < -0.3 is 4.90 Å². The molecular formula is C14H10BrFN4. The van der Waals surface area contributed by atoms with Gasteiger partial charge in [-0.25, -0.2) is 9.07 Å². The molecule has 20 heavy (non-hydrogen) atoms. The molecule has 2 heterocycles. The Labute approximate surface area is 123 Å². The molecule has 0 fully saturated rings. The van der Waals surface area contributed by atoms with Gasteiger partial charge >= 0.3 is 0 Å². The Bertz CT molecular complexity index is 712. The van der Waals surface area contributed by atoms with Crippen molar-refractivity contribution >= 4 is 22.0 Å². The predicted octanol–water partition coefficient (Wildman–Crippen LogP) is 3.16. The van der Waals surface area contributed by atoms with Gasteiger partial charge in [-0.15, -0.1) is 0 Å². The molecule has 2 aromatic rings. The van der Waals surface area contributed by atoms with Gasteiger partial charge in [-0.1, -0.05) is 28.1 Å². The summed E-state index contributed by atoms with van der Waals surface area (Å²) in [5, 5.41) is 13.6. The Kier molecular flexibility index (Phi) is 3.28. The van der Waals surface area contributed by atoms with Crippen LogP contribution < -0.4 is 0 Å². The molecule has 6 heteroatoms. The molecule has 0 unspecified atom stereocenters. The highest BCUT2D eigenvalue weighted by Crippen LogP contribution is 2.30. The standard InChI is InChI=1S/C14H10BrFN4/c15-8-19-6-5-13-14(10-1-3-11(16)4-2-10)12(7-17)18-20(13)9-19/h1-6H,8-9H2. The molecule has 1 aromatic heterocycles. The van der Waals surface area contributed by atoms with Crippen LogP contribution in [-0.4, -0.2) is 20.1 Å². The van der Waals surface area contributed by atoms with Gasteiger partial charge in [0, 0.05) is 11.8 Å². The van der Waals surface area contributed by atoms with E-state index in [9.17, 15) is 9.65 Å². The first-order valence-electron chi connectivity index (χ1n) is 5.98. The second-order valence-corrected chi connectivity index (χ2v) is 4.89. The van der Waals surface area contributed by atoms with Crippen LogP contribution in [0.2, 0.25) is 0 Å². The van der Waals surface area contributed by atoms with Gasteiger partial charge in [-0.2, -0.15) is 10.4 Å². The first kappa shape index (κ1) is 12.9. The van der Waals surface area contributed by atoms with Crippen molar-refractivity contribution in [3.05, 3.63) is 47.7 Å². The second kappa shape index (κ2) is 5.10. The van der Waals surface area contributed by atoms with Crippen LogP contribution in [0.5, 0.6) is 0 Å². The van der Waals surface area contributed by atoms with E-state index in [0.717, 1.165) is 16.8 Å². The van der Waals surface area contributed by atoms with Crippen LogP contribution in [0.3, 0.4) is 0 Å². The number of halogens is 2. The van der Waals surface area contributed by atoms with E-state index in [1.54, 1.807) is 16.8 Å². The third-order valence-electron chi connectivity index (χ3n) is 3.14. The SMILES string of the molecule is N#Cc1nn2c(c1-c1ccc(F)cc1)C=CN(CBr)C2. The number of fused-ring (bicyclic) bond motifs is 1. The molecule has 0 bridgehead atoms. The molecule has 4 nitrogen and oxygen atoms in total. The zero-order valence-corrected chi connectivity index (χ0v) is 12.0. The smallest absolute Gasteiger partial charge is 0.171 e. The van der Waals surface area contributed by atoms with Gasteiger partial charge in [0.2, 0.25) is 0 Å². The number of rotatable bonds is 2. The molecule has 1 aliphatic heterocycles. The summed E-state index contributed by atoms with van der Waals surface area (Å²) in [5.74, 6) is -0.297. The van der Waals surface area contributed by atoms with E-state index in [0.29, 0.717) is 17.8 Å². The summed E-state index contributed by atoms with van der Waals surface area (Å²) >= 11 is 3.38. The third-order valence-corrected chi connectivity index (χ3v) is 3.79. The largest absolute Gasteiger partial charge is 0.348 e. The highest BCUT2D eigenvalue weighted by atomic mass is 79.9. The molecule has 0 N–H and O–H groups in total. The molecule has 0 aliphatic carbocycles. The number of hydrogen-bond donors (Lipinski definition) is 0. The lowest BCUT2D eigenvalue weighted by Gasteiger charge is -2.22. The monoisotopic (exact) mass is 332 g/mol. The topological polar surface area (TPSA) is 44.9 Å². The summed E-state index contributed by atoms with van der Waals surface area (Å²) < 4.78 is 14.8. The van der Waals surface area contributed by atoms with Crippen molar-refractivity contribution in [1.29, 1.82) is 5.26 Å². The Morgan fingerprint density at radius 1 is 1.35 bits per heavy atom. The highest BCUT2D eigenvalue weighted by Gasteiger charge is 2.20. The molecule has 100 valence electrons. The zero-order valence-electron chi connectivity index (χ0n) is 10.4. The maximum atomic E-state index is 13.0. The Morgan fingerprint density at radius 2 is 2.10 bits per heavy atom. The van der Waals surface area contributed by atoms with E-state index >= 15 is 0 Å². The fourth-order valence-corrected chi connectivity index (χ4v) is 2.53. The maximum Gasteiger partial charge on any atom is 0.171 e. The minimum atomic E-state index is -0.297. The van der Waals surface area contributed by atoms with Crippen molar-refractivity contribution in [3.8, 4) is 17.2 Å². The van der Waals surface area contributed by atoms with Crippen molar-refractivity contribution in [3.63, 3.8) is 0 Å². The van der Waals surface area contributed by atoms with Gasteiger partial charge in [-0.3, -0.25) is 0 Å². The highest BCUT2D eigenvalue weighted by molar-refractivity contribution is 9.09. The Balaban J connectivity index is 2.14. The van der Waals surface area contributed by atoms with E-state index in [1.807, 2.05) is 17.2 Å². The lowest BCUT2D eigenvalue weighted by Crippen LogP contribution is -2.24. The average molecular weight is 333 g/mol. The molecule has 1 aliphatic rings. The summed E-state index contributed by atoms with van der Waals surface area (Å²) in [6.45, 7) is 0.576. The molecule has 1 aromatic carbocycles. The fraction of sp³-hybridized carbons (Fsp3) is 0.143. The molecule has 0 spiro atoms. The van der Waals surface area contributed by atoms with E-state index in [-0.39, 0.29) is 5.82 Å². The number of benzene rings is 1. The van der Waals surface area contributed by atoms with Gasteiger partial charge in [0.1, 0.15) is 18.6 Å². The molecule has 0 saturated carbocycles. The summed E-state index contributed by atoms with van der Waals surface area (Å²) in [4.78, 5) is 2.01. The first-order valence-corrected chi connectivity index (χ1v) is 7.10. The number of nitrogens with zero attached hydrogens (tertiary/aromatic N) is 4. The Hall–Kier alpha value is -2.13. The average Bonchev–Trinajstić information content (AvgIpc) is 2.85. The predicted molar refractivity (Wildman–Crippen MR) is 77.0 cm³/mol. The normalized spacial score (nSPS) is 13.2. The van der Waals surface area contributed by atoms with Crippen molar-refractivity contribution in [2.75, 3.05) is 5.45 Å². The quantitative estimate of drug-likeness (QED) is 0.626. The summed E-state index contributed by atoms with van der Waals surface area (Å²) in [7, 11) is 0. The Morgan fingerprint density at radius 3 is 2.75 bits per heavy atom. The van der Waals surface area contributed by atoms with Crippen LogP contribution >= 0.6 is 15.9 Å². The molecule has 0 amide bonds. The summed E-state index contributed by atoms with van der Waals surface area (Å²) in [6.07, 6.45) is 3.86.